The van der Waals surface area contributed by atoms with Gasteiger partial charge in [0.05, 0.1) is 18.4 Å². The number of carbonyl (C=O) groups is 3. The summed E-state index contributed by atoms with van der Waals surface area (Å²) in [7, 11) is 0. The smallest absolute Gasteiger partial charge is 0.328 e. The predicted octanol–water partition coefficient (Wildman–Crippen LogP) is 1.98. The van der Waals surface area contributed by atoms with E-state index in [1.54, 1.807) is 12.1 Å². The van der Waals surface area contributed by atoms with Crippen molar-refractivity contribution < 1.29 is 33.0 Å². The Morgan fingerprint density at radius 3 is 2.41 bits per heavy atom. The van der Waals surface area contributed by atoms with Crippen LogP contribution >= 0.6 is 0 Å². The van der Waals surface area contributed by atoms with Crippen LogP contribution in [0.1, 0.15) is 33.8 Å². The SMILES string of the molecule is O=C(O)[C@H]1COC2(CCN(C(=O)c3ccccc3F)CC2)N1C(=O)c1ccco1. The molecule has 9 heteroatoms. The first-order valence-electron chi connectivity index (χ1n) is 9.21. The van der Waals surface area contributed by atoms with Crippen molar-refractivity contribution in [3.63, 3.8) is 0 Å². The fourth-order valence-electron chi connectivity index (χ4n) is 3.94. The van der Waals surface area contributed by atoms with Crippen molar-refractivity contribution in [2.75, 3.05) is 19.7 Å². The van der Waals surface area contributed by atoms with Crippen LogP contribution in [0.5, 0.6) is 0 Å². The zero-order valence-corrected chi connectivity index (χ0v) is 15.4. The Hall–Kier alpha value is -3.20. The Morgan fingerprint density at radius 1 is 1.07 bits per heavy atom. The molecule has 2 fully saturated rings. The zero-order valence-electron chi connectivity index (χ0n) is 15.4. The van der Waals surface area contributed by atoms with E-state index >= 15 is 0 Å². The molecular formula is C20H19FN2O6. The average Bonchev–Trinajstić information content (AvgIpc) is 3.37. The molecule has 0 bridgehead atoms. The molecule has 1 N–H and O–H groups in total. The van der Waals surface area contributed by atoms with Crippen LogP contribution < -0.4 is 0 Å². The molecule has 3 heterocycles. The molecule has 152 valence electrons. The van der Waals surface area contributed by atoms with Gasteiger partial charge in [-0.25, -0.2) is 9.18 Å². The maximum absolute atomic E-state index is 14.0. The number of benzene rings is 1. The largest absolute Gasteiger partial charge is 0.480 e. The van der Waals surface area contributed by atoms with Gasteiger partial charge in [-0.05, 0) is 24.3 Å². The normalized spacial score (nSPS) is 20.8. The summed E-state index contributed by atoms with van der Waals surface area (Å²) in [5.41, 5.74) is -1.18. The van der Waals surface area contributed by atoms with Gasteiger partial charge in [-0.1, -0.05) is 12.1 Å². The van der Waals surface area contributed by atoms with E-state index in [0.717, 1.165) is 0 Å². The highest BCUT2D eigenvalue weighted by Gasteiger charge is 2.55. The van der Waals surface area contributed by atoms with E-state index in [-0.39, 0.29) is 43.9 Å². The van der Waals surface area contributed by atoms with Crippen LogP contribution in [-0.2, 0) is 9.53 Å². The standard InChI is InChI=1S/C20H19FN2O6/c21-14-5-2-1-4-13(14)17(24)22-9-7-20(8-10-22)23(15(12-29-20)19(26)27)18(25)16-6-3-11-28-16/h1-6,11,15H,7-10,12H2,(H,26,27)/t15-/m1/s1. The third-order valence-corrected chi connectivity index (χ3v) is 5.43. The minimum absolute atomic E-state index is 0.0194. The highest BCUT2D eigenvalue weighted by Crippen LogP contribution is 2.38. The number of nitrogens with zero attached hydrogens (tertiary/aromatic N) is 2. The molecule has 1 aromatic heterocycles. The summed E-state index contributed by atoms with van der Waals surface area (Å²) in [4.78, 5) is 40.0. The van der Waals surface area contributed by atoms with E-state index < -0.39 is 35.4 Å². The Kier molecular flexibility index (Phi) is 4.83. The molecule has 2 saturated heterocycles. The summed E-state index contributed by atoms with van der Waals surface area (Å²) < 4.78 is 24.9. The number of piperidine rings is 1. The summed E-state index contributed by atoms with van der Waals surface area (Å²) in [5.74, 6) is -2.78. The Bertz CT molecular complexity index is 936. The Morgan fingerprint density at radius 2 is 1.79 bits per heavy atom. The maximum Gasteiger partial charge on any atom is 0.328 e. The molecule has 1 atom stereocenters. The van der Waals surface area contributed by atoms with Crippen LogP contribution in [0, 0.1) is 5.82 Å². The van der Waals surface area contributed by atoms with Gasteiger partial charge in [0.25, 0.3) is 11.8 Å². The molecule has 2 aliphatic rings. The van der Waals surface area contributed by atoms with Gasteiger partial charge < -0.3 is 19.2 Å². The van der Waals surface area contributed by atoms with E-state index in [0.29, 0.717) is 0 Å². The number of hydrogen-bond donors (Lipinski definition) is 1. The van der Waals surface area contributed by atoms with Crippen molar-refractivity contribution >= 4 is 17.8 Å². The third kappa shape index (κ3) is 3.27. The van der Waals surface area contributed by atoms with E-state index in [4.69, 9.17) is 9.15 Å². The van der Waals surface area contributed by atoms with E-state index in [9.17, 15) is 23.9 Å². The molecule has 2 aliphatic heterocycles. The molecule has 1 spiro atoms. The predicted molar refractivity (Wildman–Crippen MR) is 96.5 cm³/mol. The number of carboxylic acids is 1. The summed E-state index contributed by atoms with van der Waals surface area (Å²) in [5, 5.41) is 9.55. The molecule has 0 aliphatic carbocycles. The Balaban J connectivity index is 1.55. The molecular weight excluding hydrogens is 383 g/mol. The molecule has 0 unspecified atom stereocenters. The molecule has 2 amide bonds. The number of carbonyl (C=O) groups excluding carboxylic acids is 2. The highest BCUT2D eigenvalue weighted by atomic mass is 19.1. The van der Waals surface area contributed by atoms with Crippen LogP contribution in [0.2, 0.25) is 0 Å². The van der Waals surface area contributed by atoms with Crippen LogP contribution in [0.4, 0.5) is 4.39 Å². The lowest BCUT2D eigenvalue weighted by molar-refractivity contribution is -0.143. The van der Waals surface area contributed by atoms with Crippen molar-refractivity contribution in [3.8, 4) is 0 Å². The van der Waals surface area contributed by atoms with Crippen molar-refractivity contribution in [2.24, 2.45) is 0 Å². The van der Waals surface area contributed by atoms with Crippen molar-refractivity contribution in [1.29, 1.82) is 0 Å². The van der Waals surface area contributed by atoms with E-state index in [2.05, 4.69) is 0 Å². The topological polar surface area (TPSA) is 100 Å². The van der Waals surface area contributed by atoms with E-state index in [1.807, 2.05) is 0 Å². The monoisotopic (exact) mass is 402 g/mol. The second kappa shape index (κ2) is 7.32. The molecule has 0 radical (unpaired) electrons. The molecule has 29 heavy (non-hydrogen) atoms. The zero-order chi connectivity index (χ0) is 20.6. The number of halogens is 1. The second-order valence-corrected chi connectivity index (χ2v) is 7.04. The first kappa shape index (κ1) is 19.1. The summed E-state index contributed by atoms with van der Waals surface area (Å²) in [6.07, 6.45) is 1.76. The van der Waals surface area contributed by atoms with Gasteiger partial charge in [0.2, 0.25) is 0 Å². The van der Waals surface area contributed by atoms with Gasteiger partial charge >= 0.3 is 5.97 Å². The van der Waals surface area contributed by atoms with Gasteiger partial charge in [0.15, 0.2) is 11.8 Å². The van der Waals surface area contributed by atoms with Crippen LogP contribution in [-0.4, -0.2) is 64.2 Å². The number of rotatable bonds is 3. The average molecular weight is 402 g/mol. The fourth-order valence-corrected chi connectivity index (χ4v) is 3.94. The first-order chi connectivity index (χ1) is 13.9. The van der Waals surface area contributed by atoms with Crippen LogP contribution in [0.15, 0.2) is 47.1 Å². The lowest BCUT2D eigenvalue weighted by atomic mass is 9.96. The van der Waals surface area contributed by atoms with Gasteiger partial charge in [-0.3, -0.25) is 14.5 Å². The van der Waals surface area contributed by atoms with Gasteiger partial charge in [0.1, 0.15) is 11.5 Å². The van der Waals surface area contributed by atoms with Gasteiger partial charge in [-0.2, -0.15) is 0 Å². The molecule has 0 saturated carbocycles. The van der Waals surface area contributed by atoms with E-state index in [1.165, 1.54) is 40.3 Å². The fraction of sp³-hybridized carbons (Fsp3) is 0.350. The first-order valence-corrected chi connectivity index (χ1v) is 9.21. The minimum atomic E-state index is -1.17. The van der Waals surface area contributed by atoms with Gasteiger partial charge in [-0.15, -0.1) is 0 Å². The highest BCUT2D eigenvalue weighted by molar-refractivity contribution is 5.96. The number of ether oxygens (including phenoxy) is 1. The molecule has 2 aromatic rings. The summed E-state index contributed by atoms with van der Waals surface area (Å²) in [6, 6.07) is 7.59. The number of amides is 2. The van der Waals surface area contributed by atoms with Crippen molar-refractivity contribution in [1.82, 2.24) is 9.80 Å². The minimum Gasteiger partial charge on any atom is -0.480 e. The molecule has 1 aromatic carbocycles. The number of hydrogen-bond acceptors (Lipinski definition) is 5. The van der Waals surface area contributed by atoms with Crippen molar-refractivity contribution in [2.45, 2.75) is 24.6 Å². The lowest BCUT2D eigenvalue weighted by Gasteiger charge is -2.43. The van der Waals surface area contributed by atoms with Crippen LogP contribution in [0.25, 0.3) is 0 Å². The number of carboxylic acid groups (broad SMARTS) is 1. The van der Waals surface area contributed by atoms with Crippen molar-refractivity contribution in [3.05, 3.63) is 59.8 Å². The quantitative estimate of drug-likeness (QED) is 0.843. The number of furan rings is 1. The third-order valence-electron chi connectivity index (χ3n) is 5.43. The van der Waals surface area contributed by atoms with Crippen LogP contribution in [0.3, 0.4) is 0 Å². The number of likely N-dealkylation sites (tertiary alicyclic amines) is 1. The summed E-state index contributed by atoms with van der Waals surface area (Å²) in [6.45, 7) is 0.242. The number of aliphatic carboxylic acids is 1. The summed E-state index contributed by atoms with van der Waals surface area (Å²) >= 11 is 0. The molecule has 8 nitrogen and oxygen atoms in total. The molecule has 4 rings (SSSR count). The lowest BCUT2D eigenvalue weighted by Crippen LogP contribution is -2.58. The second-order valence-electron chi connectivity index (χ2n) is 7.04. The van der Waals surface area contributed by atoms with Gasteiger partial charge in [0, 0.05) is 25.9 Å². The maximum atomic E-state index is 14.0. The Labute approximate surface area is 165 Å².